The summed E-state index contributed by atoms with van der Waals surface area (Å²) in [6.45, 7) is 5.96. The molecule has 0 aliphatic carbocycles. The van der Waals surface area contributed by atoms with Crippen molar-refractivity contribution in [2.45, 2.75) is 32.1 Å². The summed E-state index contributed by atoms with van der Waals surface area (Å²) in [6, 6.07) is 4.37. The average molecular weight is 247 g/mol. The van der Waals surface area contributed by atoms with Gasteiger partial charge < -0.3 is 14.8 Å². The van der Waals surface area contributed by atoms with Crippen molar-refractivity contribution in [1.82, 2.24) is 5.32 Å². The van der Waals surface area contributed by atoms with E-state index in [1.54, 1.807) is 0 Å². The molecule has 1 aromatic rings. The Hall–Kier alpha value is -1.22. The molecule has 0 aromatic heterocycles. The third-order valence-electron chi connectivity index (χ3n) is 3.92. The smallest absolute Gasteiger partial charge is 0.161 e. The summed E-state index contributed by atoms with van der Waals surface area (Å²) in [5, 5.41) is 3.42. The number of hydrogen-bond acceptors (Lipinski definition) is 3. The lowest BCUT2D eigenvalue weighted by Gasteiger charge is -2.25. The maximum absolute atomic E-state index is 5.79. The van der Waals surface area contributed by atoms with Crippen molar-refractivity contribution in [3.8, 4) is 11.5 Å². The first-order valence-electron chi connectivity index (χ1n) is 6.95. The Kier molecular flexibility index (Phi) is 3.41. The molecule has 0 spiro atoms. The molecule has 2 heterocycles. The largest absolute Gasteiger partial charge is 0.490 e. The average Bonchev–Trinajstić information content (AvgIpc) is 2.63. The number of benzene rings is 1. The highest BCUT2D eigenvalue weighted by atomic mass is 16.5. The van der Waals surface area contributed by atoms with E-state index >= 15 is 0 Å². The molecule has 3 rings (SSSR count). The second-order valence-electron chi connectivity index (χ2n) is 5.23. The SMILES string of the molecule is Cc1cc2c(cc1C1CCNCC1)OCCCO2. The van der Waals surface area contributed by atoms with Gasteiger partial charge in [-0.3, -0.25) is 0 Å². The minimum atomic E-state index is 0.670. The van der Waals surface area contributed by atoms with Crippen LogP contribution in [0.25, 0.3) is 0 Å². The summed E-state index contributed by atoms with van der Waals surface area (Å²) in [5.41, 5.74) is 2.78. The fourth-order valence-electron chi connectivity index (χ4n) is 2.90. The first-order chi connectivity index (χ1) is 8.84. The molecule has 18 heavy (non-hydrogen) atoms. The quantitative estimate of drug-likeness (QED) is 0.827. The van der Waals surface area contributed by atoms with Crippen LogP contribution in [0.2, 0.25) is 0 Å². The van der Waals surface area contributed by atoms with Gasteiger partial charge in [-0.05, 0) is 62.0 Å². The van der Waals surface area contributed by atoms with E-state index in [0.717, 1.165) is 44.2 Å². The van der Waals surface area contributed by atoms with Crippen molar-refractivity contribution in [2.24, 2.45) is 0 Å². The molecule has 1 saturated heterocycles. The molecule has 1 fully saturated rings. The molecular formula is C15H21NO2. The highest BCUT2D eigenvalue weighted by molar-refractivity contribution is 5.48. The molecule has 0 unspecified atom stereocenters. The molecule has 2 aliphatic heterocycles. The van der Waals surface area contributed by atoms with E-state index in [-0.39, 0.29) is 0 Å². The predicted octanol–water partition coefficient (Wildman–Crippen LogP) is 2.62. The lowest BCUT2D eigenvalue weighted by atomic mass is 9.87. The fraction of sp³-hybridized carbons (Fsp3) is 0.600. The van der Waals surface area contributed by atoms with Crippen molar-refractivity contribution in [1.29, 1.82) is 0 Å². The van der Waals surface area contributed by atoms with E-state index < -0.39 is 0 Å². The maximum Gasteiger partial charge on any atom is 0.161 e. The van der Waals surface area contributed by atoms with E-state index in [0.29, 0.717) is 5.92 Å². The number of aryl methyl sites for hydroxylation is 1. The number of rotatable bonds is 1. The summed E-state index contributed by atoms with van der Waals surface area (Å²) in [4.78, 5) is 0. The highest BCUT2D eigenvalue weighted by Crippen LogP contribution is 2.37. The Labute approximate surface area is 108 Å². The minimum absolute atomic E-state index is 0.670. The van der Waals surface area contributed by atoms with Crippen LogP contribution in [0.15, 0.2) is 12.1 Å². The van der Waals surface area contributed by atoms with E-state index in [9.17, 15) is 0 Å². The number of fused-ring (bicyclic) bond motifs is 1. The summed E-state index contributed by atoms with van der Waals surface area (Å²) >= 11 is 0. The first kappa shape index (κ1) is 11.8. The van der Waals surface area contributed by atoms with Crippen molar-refractivity contribution >= 4 is 0 Å². The second kappa shape index (κ2) is 5.19. The molecule has 2 aliphatic rings. The molecular weight excluding hydrogens is 226 g/mol. The van der Waals surface area contributed by atoms with E-state index in [1.807, 2.05) is 0 Å². The molecule has 0 saturated carbocycles. The third kappa shape index (κ3) is 2.32. The zero-order valence-corrected chi connectivity index (χ0v) is 11.0. The molecule has 0 atom stereocenters. The van der Waals surface area contributed by atoms with Crippen LogP contribution in [0.5, 0.6) is 11.5 Å². The van der Waals surface area contributed by atoms with Crippen LogP contribution in [-0.4, -0.2) is 26.3 Å². The van der Waals surface area contributed by atoms with E-state index in [4.69, 9.17) is 9.47 Å². The third-order valence-corrected chi connectivity index (χ3v) is 3.92. The Bertz CT molecular complexity index is 425. The summed E-state index contributed by atoms with van der Waals surface area (Å²) in [7, 11) is 0. The van der Waals surface area contributed by atoms with Crippen LogP contribution in [-0.2, 0) is 0 Å². The second-order valence-corrected chi connectivity index (χ2v) is 5.23. The lowest BCUT2D eigenvalue weighted by Crippen LogP contribution is -2.27. The number of nitrogens with one attached hydrogen (secondary N) is 1. The van der Waals surface area contributed by atoms with Gasteiger partial charge in [0.1, 0.15) is 0 Å². The van der Waals surface area contributed by atoms with Gasteiger partial charge in [0.15, 0.2) is 11.5 Å². The molecule has 3 heteroatoms. The van der Waals surface area contributed by atoms with Crippen molar-refractivity contribution < 1.29 is 9.47 Å². The van der Waals surface area contributed by atoms with Crippen molar-refractivity contribution in [3.63, 3.8) is 0 Å². The van der Waals surface area contributed by atoms with Gasteiger partial charge in [0, 0.05) is 6.42 Å². The van der Waals surface area contributed by atoms with Crippen LogP contribution >= 0.6 is 0 Å². The van der Waals surface area contributed by atoms with Crippen molar-refractivity contribution in [3.05, 3.63) is 23.3 Å². The van der Waals surface area contributed by atoms with Gasteiger partial charge in [-0.1, -0.05) is 0 Å². The van der Waals surface area contributed by atoms with Crippen LogP contribution in [0.4, 0.5) is 0 Å². The summed E-state index contributed by atoms with van der Waals surface area (Å²) in [5.74, 6) is 2.53. The van der Waals surface area contributed by atoms with Gasteiger partial charge >= 0.3 is 0 Å². The molecule has 1 aromatic carbocycles. The molecule has 0 radical (unpaired) electrons. The van der Waals surface area contributed by atoms with Gasteiger partial charge in [0.25, 0.3) is 0 Å². The molecule has 1 N–H and O–H groups in total. The maximum atomic E-state index is 5.79. The first-order valence-corrected chi connectivity index (χ1v) is 6.95. The fourth-order valence-corrected chi connectivity index (χ4v) is 2.90. The predicted molar refractivity (Wildman–Crippen MR) is 71.6 cm³/mol. The van der Waals surface area contributed by atoms with Crippen molar-refractivity contribution in [2.75, 3.05) is 26.3 Å². The normalized spacial score (nSPS) is 20.5. The summed E-state index contributed by atoms with van der Waals surface area (Å²) < 4.78 is 11.5. The van der Waals surface area contributed by atoms with Gasteiger partial charge in [0.05, 0.1) is 13.2 Å². The number of ether oxygens (including phenoxy) is 2. The Morgan fingerprint density at radius 1 is 1.06 bits per heavy atom. The van der Waals surface area contributed by atoms with Crippen LogP contribution in [0, 0.1) is 6.92 Å². The number of hydrogen-bond donors (Lipinski definition) is 1. The standard InChI is InChI=1S/C15H21NO2/c1-11-9-14-15(18-8-2-7-17-14)10-13(11)12-3-5-16-6-4-12/h9-10,12,16H,2-8H2,1H3. The zero-order chi connectivity index (χ0) is 12.4. The lowest BCUT2D eigenvalue weighted by molar-refractivity contribution is 0.297. The Morgan fingerprint density at radius 3 is 2.44 bits per heavy atom. The van der Waals surface area contributed by atoms with Crippen LogP contribution < -0.4 is 14.8 Å². The van der Waals surface area contributed by atoms with Gasteiger partial charge in [0.2, 0.25) is 0 Å². The Balaban J connectivity index is 1.92. The molecule has 98 valence electrons. The number of piperidine rings is 1. The Morgan fingerprint density at radius 2 is 1.72 bits per heavy atom. The monoisotopic (exact) mass is 247 g/mol. The highest BCUT2D eigenvalue weighted by Gasteiger charge is 2.20. The summed E-state index contributed by atoms with van der Waals surface area (Å²) in [6.07, 6.45) is 3.41. The molecule has 0 bridgehead atoms. The van der Waals surface area contributed by atoms with E-state index in [1.165, 1.54) is 24.0 Å². The zero-order valence-electron chi connectivity index (χ0n) is 11.0. The molecule has 3 nitrogen and oxygen atoms in total. The van der Waals surface area contributed by atoms with Crippen LogP contribution in [0.3, 0.4) is 0 Å². The van der Waals surface area contributed by atoms with Gasteiger partial charge in [-0.15, -0.1) is 0 Å². The van der Waals surface area contributed by atoms with Gasteiger partial charge in [-0.25, -0.2) is 0 Å². The molecule has 0 amide bonds. The minimum Gasteiger partial charge on any atom is -0.490 e. The van der Waals surface area contributed by atoms with E-state index in [2.05, 4.69) is 24.4 Å². The van der Waals surface area contributed by atoms with Gasteiger partial charge in [-0.2, -0.15) is 0 Å². The topological polar surface area (TPSA) is 30.5 Å². The van der Waals surface area contributed by atoms with Crippen LogP contribution in [0.1, 0.15) is 36.3 Å².